The van der Waals surface area contributed by atoms with E-state index in [1.807, 2.05) is 20.8 Å². The maximum Gasteiger partial charge on any atom is 0.345 e. The molecule has 262 valence electrons. The summed E-state index contributed by atoms with van der Waals surface area (Å²) in [5, 5.41) is 12.3. The quantitative estimate of drug-likeness (QED) is 0.168. The van der Waals surface area contributed by atoms with Gasteiger partial charge in [0.1, 0.15) is 41.5 Å². The second-order valence-electron chi connectivity index (χ2n) is 14.5. The molecule has 11 nitrogen and oxygen atoms in total. The number of pyridine rings is 1. The molecule has 5 rings (SSSR count). The number of fused-ring (bicyclic) bond motifs is 4. The van der Waals surface area contributed by atoms with Crippen molar-refractivity contribution in [2.75, 3.05) is 6.61 Å². The van der Waals surface area contributed by atoms with E-state index >= 15 is 0 Å². The number of carbonyl (C=O) groups excluding carboxylic acids is 3. The first-order chi connectivity index (χ1) is 22.7. The van der Waals surface area contributed by atoms with Gasteiger partial charge in [0.15, 0.2) is 0 Å². The molecule has 11 heteroatoms. The second-order valence-corrected chi connectivity index (χ2v) is 14.5. The third-order valence-electron chi connectivity index (χ3n) is 11.2. The minimum absolute atomic E-state index is 0.00297. The van der Waals surface area contributed by atoms with Gasteiger partial charge in [0.25, 0.3) is 0 Å². The first kappa shape index (κ1) is 35.6. The molecule has 3 heterocycles. The number of rotatable bonds is 11. The van der Waals surface area contributed by atoms with Crippen LogP contribution in [0.3, 0.4) is 0 Å². The maximum atomic E-state index is 13.6. The zero-order valence-electron chi connectivity index (χ0n) is 28.9. The molecule has 0 bridgehead atoms. The first-order valence-electron chi connectivity index (χ1n) is 17.2. The van der Waals surface area contributed by atoms with Crippen LogP contribution in [0.15, 0.2) is 39.8 Å². The van der Waals surface area contributed by atoms with E-state index < -0.39 is 58.2 Å². The molecular formula is C37H49NO10. The fourth-order valence-electron chi connectivity index (χ4n) is 8.93. The van der Waals surface area contributed by atoms with Crippen LogP contribution in [0, 0.1) is 22.7 Å². The summed E-state index contributed by atoms with van der Waals surface area (Å²) in [6.45, 7) is 10.5. The summed E-state index contributed by atoms with van der Waals surface area (Å²) in [5.41, 5.74) is -3.08. The standard InChI is InChI=1S/C37H49NO10/c1-7-8-9-10-11-14-30(41)47-29-19-27-35(4,16-15-28(45-23(3)40)36(27,5)21-44-22(2)39)33-32(42)31-26(48-37(29,33)6)18-25(46-34(31)43)24-13-12-17-38-20-24/h12-13,17-18,20,27-29,32-33,42H,7-11,14-16,19,21H2,1-6H3/t27?,28-,29-,32-,33?,35-,36-,37+/m0/s1. The van der Waals surface area contributed by atoms with E-state index in [1.54, 1.807) is 30.6 Å². The summed E-state index contributed by atoms with van der Waals surface area (Å²) in [6.07, 6.45) is 6.65. The number of ether oxygens (including phenoxy) is 4. The summed E-state index contributed by atoms with van der Waals surface area (Å²) in [7, 11) is 0. The van der Waals surface area contributed by atoms with Crippen LogP contribution in [0.5, 0.6) is 5.75 Å². The Hall–Kier alpha value is -3.73. The van der Waals surface area contributed by atoms with Crippen LogP contribution in [0.1, 0.15) is 111 Å². The SMILES string of the molecule is CCCCCCCC(=O)O[C@H]1CC2[C@](C)(CC[C@H](OC(C)=O)[C@@]2(C)COC(C)=O)C2[C@@H](O)c3c(cc(-c4cccnc4)oc3=O)O[C@@]21C. The number of unbranched alkanes of at least 4 members (excludes halogenated alkanes) is 4. The molecule has 8 atom stereocenters. The van der Waals surface area contributed by atoms with Crippen molar-refractivity contribution in [2.45, 2.75) is 123 Å². The van der Waals surface area contributed by atoms with Crippen LogP contribution < -0.4 is 10.4 Å². The zero-order chi connectivity index (χ0) is 34.9. The number of carbonyl (C=O) groups is 3. The van der Waals surface area contributed by atoms with Crippen LogP contribution >= 0.6 is 0 Å². The maximum absolute atomic E-state index is 13.6. The van der Waals surface area contributed by atoms with Crippen LogP contribution in [-0.2, 0) is 28.6 Å². The van der Waals surface area contributed by atoms with Crippen molar-refractivity contribution < 1.29 is 42.9 Å². The topological polar surface area (TPSA) is 151 Å². The number of nitrogens with zero attached hydrogens (tertiary/aromatic N) is 1. The Morgan fingerprint density at radius 3 is 2.46 bits per heavy atom. The molecule has 2 aromatic heterocycles. The second kappa shape index (κ2) is 14.0. The number of aliphatic hydroxyl groups excluding tert-OH is 1. The Bertz CT molecular complexity index is 1560. The van der Waals surface area contributed by atoms with E-state index in [-0.39, 0.29) is 42.0 Å². The number of aromatic nitrogens is 1. The van der Waals surface area contributed by atoms with Crippen molar-refractivity contribution in [3.05, 3.63) is 46.6 Å². The fourth-order valence-corrected chi connectivity index (χ4v) is 8.93. The lowest BCUT2D eigenvalue weighted by Crippen LogP contribution is -2.71. The summed E-state index contributed by atoms with van der Waals surface area (Å²) < 4.78 is 30.3. The Morgan fingerprint density at radius 2 is 1.79 bits per heavy atom. The monoisotopic (exact) mass is 667 g/mol. The smallest absolute Gasteiger partial charge is 0.345 e. The average Bonchev–Trinajstić information content (AvgIpc) is 3.02. The predicted molar refractivity (Wildman–Crippen MR) is 175 cm³/mol. The van der Waals surface area contributed by atoms with E-state index in [0.717, 1.165) is 25.7 Å². The van der Waals surface area contributed by atoms with Gasteiger partial charge >= 0.3 is 23.5 Å². The van der Waals surface area contributed by atoms with Gasteiger partial charge in [-0.2, -0.15) is 0 Å². The van der Waals surface area contributed by atoms with Gasteiger partial charge in [0.05, 0.1) is 6.10 Å². The molecule has 1 aliphatic heterocycles. The predicted octanol–water partition coefficient (Wildman–Crippen LogP) is 6.10. The minimum atomic E-state index is -1.34. The van der Waals surface area contributed by atoms with Gasteiger partial charge in [-0.15, -0.1) is 0 Å². The highest BCUT2D eigenvalue weighted by Gasteiger charge is 2.71. The molecular weight excluding hydrogens is 618 g/mol. The van der Waals surface area contributed by atoms with Gasteiger partial charge in [-0.05, 0) is 56.1 Å². The van der Waals surface area contributed by atoms with Crippen LogP contribution in [0.4, 0.5) is 0 Å². The summed E-state index contributed by atoms with van der Waals surface area (Å²) in [5.74, 6) is -2.05. The lowest BCUT2D eigenvalue weighted by Gasteiger charge is -2.66. The van der Waals surface area contributed by atoms with Crippen molar-refractivity contribution in [3.63, 3.8) is 0 Å². The van der Waals surface area contributed by atoms with E-state index in [4.69, 9.17) is 23.4 Å². The van der Waals surface area contributed by atoms with Crippen molar-refractivity contribution in [1.82, 2.24) is 4.98 Å². The van der Waals surface area contributed by atoms with Crippen LogP contribution in [0.2, 0.25) is 0 Å². The van der Waals surface area contributed by atoms with Gasteiger partial charge in [-0.3, -0.25) is 19.4 Å². The van der Waals surface area contributed by atoms with E-state index in [1.165, 1.54) is 13.8 Å². The lowest BCUT2D eigenvalue weighted by atomic mass is 9.42. The van der Waals surface area contributed by atoms with Crippen molar-refractivity contribution in [3.8, 4) is 17.1 Å². The van der Waals surface area contributed by atoms with Gasteiger partial charge in [0.2, 0.25) is 0 Å². The average molecular weight is 668 g/mol. The van der Waals surface area contributed by atoms with Crippen LogP contribution in [-0.4, -0.2) is 52.4 Å². The highest BCUT2D eigenvalue weighted by molar-refractivity contribution is 5.70. The first-order valence-corrected chi connectivity index (χ1v) is 17.2. The molecule has 0 amide bonds. The number of hydrogen-bond donors (Lipinski definition) is 1. The van der Waals surface area contributed by atoms with Gasteiger partial charge in [-0.25, -0.2) is 4.79 Å². The highest BCUT2D eigenvalue weighted by atomic mass is 16.6. The molecule has 0 spiro atoms. The molecule has 2 aliphatic carbocycles. The molecule has 0 radical (unpaired) electrons. The Kier molecular flexibility index (Phi) is 10.4. The van der Waals surface area contributed by atoms with Gasteiger partial charge in [0, 0.05) is 55.6 Å². The molecule has 2 aromatic rings. The third-order valence-corrected chi connectivity index (χ3v) is 11.2. The molecule has 2 fully saturated rings. The fraction of sp³-hybridized carbons (Fsp3) is 0.649. The molecule has 2 unspecified atom stereocenters. The third kappa shape index (κ3) is 6.62. The van der Waals surface area contributed by atoms with Crippen molar-refractivity contribution in [1.29, 1.82) is 0 Å². The molecule has 3 aliphatic rings. The number of esters is 3. The molecule has 0 aromatic carbocycles. The normalized spacial score (nSPS) is 32.1. The summed E-state index contributed by atoms with van der Waals surface area (Å²) >= 11 is 0. The molecule has 48 heavy (non-hydrogen) atoms. The number of aliphatic hydroxyl groups is 1. The van der Waals surface area contributed by atoms with Crippen molar-refractivity contribution >= 4 is 17.9 Å². The Morgan fingerprint density at radius 1 is 1.04 bits per heavy atom. The largest absolute Gasteiger partial charge is 0.482 e. The Labute approximate surface area is 281 Å². The molecule has 2 saturated carbocycles. The highest BCUT2D eigenvalue weighted by Crippen LogP contribution is 2.67. The van der Waals surface area contributed by atoms with Crippen LogP contribution in [0.25, 0.3) is 11.3 Å². The van der Waals surface area contributed by atoms with E-state index in [2.05, 4.69) is 11.9 Å². The Balaban J connectivity index is 1.60. The zero-order valence-corrected chi connectivity index (χ0v) is 28.9. The van der Waals surface area contributed by atoms with E-state index in [9.17, 15) is 24.3 Å². The van der Waals surface area contributed by atoms with Gasteiger partial charge in [-0.1, -0.05) is 46.5 Å². The van der Waals surface area contributed by atoms with Gasteiger partial charge < -0.3 is 28.5 Å². The lowest BCUT2D eigenvalue weighted by molar-refractivity contribution is -0.271. The number of hydrogen-bond acceptors (Lipinski definition) is 11. The van der Waals surface area contributed by atoms with Crippen molar-refractivity contribution in [2.24, 2.45) is 22.7 Å². The molecule has 1 N–H and O–H groups in total. The summed E-state index contributed by atoms with van der Waals surface area (Å²) in [4.78, 5) is 55.6. The summed E-state index contributed by atoms with van der Waals surface area (Å²) in [6, 6.07) is 5.06. The van der Waals surface area contributed by atoms with E-state index in [0.29, 0.717) is 31.2 Å². The minimum Gasteiger partial charge on any atom is -0.482 e. The molecule has 0 saturated heterocycles.